The molecule has 0 aromatic rings. The third-order valence-electron chi connectivity index (χ3n) is 1.69. The fraction of sp³-hybridized carbons (Fsp3) is 0.875. The molecule has 11 heavy (non-hydrogen) atoms. The first-order valence-electron chi connectivity index (χ1n) is 4.36. The molecule has 65 valence electrons. The average Bonchev–Trinajstić information content (AvgIpc) is 2.07. The lowest BCUT2D eigenvalue weighted by molar-refractivity contribution is 0.0908. The highest BCUT2D eigenvalue weighted by molar-refractivity contribution is 4.81. The van der Waals surface area contributed by atoms with Crippen LogP contribution in [0, 0.1) is 6.23 Å². The van der Waals surface area contributed by atoms with Gasteiger partial charge in [0.15, 0.2) is 6.23 Å². The summed E-state index contributed by atoms with van der Waals surface area (Å²) in [6.45, 7) is 5.86. The molecule has 1 aliphatic heterocycles. The van der Waals surface area contributed by atoms with Crippen molar-refractivity contribution in [3.8, 4) is 0 Å². The molecule has 1 heterocycles. The summed E-state index contributed by atoms with van der Waals surface area (Å²) in [5.74, 6) is 0. The van der Waals surface area contributed by atoms with Crippen molar-refractivity contribution < 1.29 is 4.74 Å². The second kappa shape index (κ2) is 5.52. The maximum atomic E-state index is 5.37. The van der Waals surface area contributed by atoms with Crippen LogP contribution in [0.3, 0.4) is 0 Å². The van der Waals surface area contributed by atoms with Gasteiger partial charge in [0.25, 0.3) is 0 Å². The van der Waals surface area contributed by atoms with Gasteiger partial charge in [0.1, 0.15) is 0 Å². The fourth-order valence-corrected chi connectivity index (χ4v) is 1.02. The van der Waals surface area contributed by atoms with Gasteiger partial charge in [-0.3, -0.25) is 5.32 Å². The van der Waals surface area contributed by atoms with Crippen LogP contribution in [0.15, 0.2) is 0 Å². The summed E-state index contributed by atoms with van der Waals surface area (Å²) in [6.07, 6.45) is 3.45. The van der Waals surface area contributed by atoms with Crippen molar-refractivity contribution in [2.75, 3.05) is 26.2 Å². The van der Waals surface area contributed by atoms with Crippen LogP contribution in [-0.2, 0) is 4.74 Å². The van der Waals surface area contributed by atoms with E-state index in [1.165, 1.54) is 12.8 Å². The molecule has 0 amide bonds. The second-order valence-electron chi connectivity index (χ2n) is 2.73. The minimum Gasteiger partial charge on any atom is -0.353 e. The first-order valence-corrected chi connectivity index (χ1v) is 4.36. The maximum absolute atomic E-state index is 5.37. The van der Waals surface area contributed by atoms with E-state index in [4.69, 9.17) is 4.74 Å². The summed E-state index contributed by atoms with van der Waals surface area (Å²) in [5.41, 5.74) is 0. The van der Waals surface area contributed by atoms with Gasteiger partial charge in [-0.1, -0.05) is 13.3 Å². The van der Waals surface area contributed by atoms with Crippen LogP contribution >= 0.6 is 0 Å². The molecule has 1 saturated heterocycles. The van der Waals surface area contributed by atoms with E-state index in [1.807, 2.05) is 0 Å². The van der Waals surface area contributed by atoms with Gasteiger partial charge < -0.3 is 10.1 Å². The van der Waals surface area contributed by atoms with E-state index in [1.54, 1.807) is 0 Å². The molecule has 1 aliphatic rings. The molecule has 3 nitrogen and oxygen atoms in total. The van der Waals surface area contributed by atoms with Crippen LogP contribution in [0.2, 0.25) is 0 Å². The van der Waals surface area contributed by atoms with Gasteiger partial charge >= 0.3 is 0 Å². The molecule has 2 N–H and O–H groups in total. The number of morpholine rings is 1. The zero-order valence-corrected chi connectivity index (χ0v) is 7.15. The molecule has 0 bridgehead atoms. The van der Waals surface area contributed by atoms with Gasteiger partial charge in [0, 0.05) is 13.1 Å². The smallest absolute Gasteiger partial charge is 0.175 e. The Morgan fingerprint density at radius 1 is 1.64 bits per heavy atom. The van der Waals surface area contributed by atoms with Crippen LogP contribution in [0.5, 0.6) is 0 Å². The molecule has 1 radical (unpaired) electrons. The third-order valence-corrected chi connectivity index (χ3v) is 1.69. The van der Waals surface area contributed by atoms with Crippen molar-refractivity contribution in [3.05, 3.63) is 6.23 Å². The van der Waals surface area contributed by atoms with Crippen LogP contribution < -0.4 is 10.6 Å². The largest absolute Gasteiger partial charge is 0.353 e. The molecular formula is C8H17N2O. The summed E-state index contributed by atoms with van der Waals surface area (Å²) in [4.78, 5) is 0. The molecule has 0 atom stereocenters. The Kier molecular flexibility index (Phi) is 4.50. The van der Waals surface area contributed by atoms with Crippen molar-refractivity contribution in [2.24, 2.45) is 0 Å². The highest BCUT2D eigenvalue weighted by Crippen LogP contribution is 1.99. The Hall–Kier alpha value is -0.120. The van der Waals surface area contributed by atoms with E-state index >= 15 is 0 Å². The summed E-state index contributed by atoms with van der Waals surface area (Å²) in [5, 5.41) is 6.49. The highest BCUT2D eigenvalue weighted by atomic mass is 16.5. The standard InChI is InChI=1S/C8H17N2O/c1-2-3-4-10-8-7-9-5-6-11-8/h9-10H,2-7H2,1H3. The van der Waals surface area contributed by atoms with Crippen molar-refractivity contribution >= 4 is 0 Å². The number of hydrogen-bond donors (Lipinski definition) is 2. The first-order chi connectivity index (χ1) is 5.43. The Bertz CT molecular complexity index is 92.1. The molecule has 0 aromatic carbocycles. The van der Waals surface area contributed by atoms with E-state index in [0.29, 0.717) is 0 Å². The van der Waals surface area contributed by atoms with Gasteiger partial charge in [-0.25, -0.2) is 0 Å². The topological polar surface area (TPSA) is 33.3 Å². The average molecular weight is 157 g/mol. The van der Waals surface area contributed by atoms with Crippen molar-refractivity contribution in [3.63, 3.8) is 0 Å². The number of nitrogens with one attached hydrogen (secondary N) is 2. The lowest BCUT2D eigenvalue weighted by atomic mass is 10.3. The van der Waals surface area contributed by atoms with Gasteiger partial charge in [0.05, 0.1) is 6.61 Å². The minimum atomic E-state index is 0.800. The summed E-state index contributed by atoms with van der Waals surface area (Å²) in [6, 6.07) is 0. The number of ether oxygens (including phenoxy) is 1. The van der Waals surface area contributed by atoms with Gasteiger partial charge in [-0.2, -0.15) is 0 Å². The van der Waals surface area contributed by atoms with Gasteiger partial charge in [0.2, 0.25) is 0 Å². The van der Waals surface area contributed by atoms with Gasteiger partial charge in [-0.15, -0.1) is 0 Å². The SMILES string of the molecule is CCCCN[C]1CNCCO1. The third kappa shape index (κ3) is 3.70. The van der Waals surface area contributed by atoms with Crippen molar-refractivity contribution in [1.82, 2.24) is 10.6 Å². The normalized spacial score (nSPS) is 20.5. The predicted molar refractivity (Wildman–Crippen MR) is 45.0 cm³/mol. The zero-order valence-electron chi connectivity index (χ0n) is 7.15. The molecule has 0 unspecified atom stereocenters. The Morgan fingerprint density at radius 3 is 3.18 bits per heavy atom. The quantitative estimate of drug-likeness (QED) is 0.582. The molecule has 0 spiro atoms. The molecule has 0 aromatic heterocycles. The Labute approximate surface area is 68.5 Å². The molecule has 3 heteroatoms. The monoisotopic (exact) mass is 157 g/mol. The molecule has 1 rings (SSSR count). The predicted octanol–water partition coefficient (Wildman–Crippen LogP) is 0.485. The maximum Gasteiger partial charge on any atom is 0.175 e. The van der Waals surface area contributed by atoms with Crippen LogP contribution in [0.4, 0.5) is 0 Å². The number of rotatable bonds is 4. The number of hydrogen-bond acceptors (Lipinski definition) is 3. The van der Waals surface area contributed by atoms with E-state index in [-0.39, 0.29) is 0 Å². The van der Waals surface area contributed by atoms with Crippen LogP contribution in [0.25, 0.3) is 0 Å². The first kappa shape index (κ1) is 8.97. The summed E-state index contributed by atoms with van der Waals surface area (Å²) >= 11 is 0. The van der Waals surface area contributed by atoms with Crippen LogP contribution in [0.1, 0.15) is 19.8 Å². The Morgan fingerprint density at radius 2 is 2.55 bits per heavy atom. The highest BCUT2D eigenvalue weighted by Gasteiger charge is 2.12. The molecular weight excluding hydrogens is 140 g/mol. The molecule has 0 saturated carbocycles. The van der Waals surface area contributed by atoms with E-state index < -0.39 is 0 Å². The van der Waals surface area contributed by atoms with Crippen LogP contribution in [-0.4, -0.2) is 26.2 Å². The van der Waals surface area contributed by atoms with E-state index in [0.717, 1.165) is 32.5 Å². The minimum absolute atomic E-state index is 0.800. The second-order valence-corrected chi connectivity index (χ2v) is 2.73. The van der Waals surface area contributed by atoms with Crippen molar-refractivity contribution in [2.45, 2.75) is 19.8 Å². The molecule has 1 fully saturated rings. The molecule has 0 aliphatic carbocycles. The van der Waals surface area contributed by atoms with E-state index in [2.05, 4.69) is 17.6 Å². The summed E-state index contributed by atoms with van der Waals surface area (Å²) in [7, 11) is 0. The summed E-state index contributed by atoms with van der Waals surface area (Å²) < 4.78 is 5.37. The lowest BCUT2D eigenvalue weighted by Gasteiger charge is -2.22. The number of unbranched alkanes of at least 4 members (excludes halogenated alkanes) is 1. The zero-order chi connectivity index (χ0) is 7.94. The van der Waals surface area contributed by atoms with Crippen molar-refractivity contribution in [1.29, 1.82) is 0 Å². The van der Waals surface area contributed by atoms with E-state index in [9.17, 15) is 0 Å². The fourth-order valence-electron chi connectivity index (χ4n) is 1.02. The Balaban J connectivity index is 1.96. The lowest BCUT2D eigenvalue weighted by Crippen LogP contribution is -2.40. The van der Waals surface area contributed by atoms with Gasteiger partial charge in [-0.05, 0) is 13.0 Å².